The number of likely N-dealkylation sites (tertiary alicyclic amines) is 1. The van der Waals surface area contributed by atoms with Gasteiger partial charge in [-0.1, -0.05) is 13.3 Å². The number of amides is 2. The number of piperidine rings is 1. The average Bonchev–Trinajstić information content (AvgIpc) is 3.42. The molecule has 0 radical (unpaired) electrons. The van der Waals surface area contributed by atoms with Crippen molar-refractivity contribution in [3.63, 3.8) is 0 Å². The van der Waals surface area contributed by atoms with E-state index in [1.165, 1.54) is 0 Å². The highest BCUT2D eigenvalue weighted by Gasteiger charge is 2.50. The minimum Gasteiger partial charge on any atom is -0.497 e. The van der Waals surface area contributed by atoms with Crippen LogP contribution in [-0.2, 0) is 4.79 Å². The highest BCUT2D eigenvalue weighted by Crippen LogP contribution is 2.47. The summed E-state index contributed by atoms with van der Waals surface area (Å²) < 4.78 is 5.21. The number of benzene rings is 1. The normalized spacial score (nSPS) is 23.3. The van der Waals surface area contributed by atoms with Gasteiger partial charge >= 0.3 is 0 Å². The van der Waals surface area contributed by atoms with Gasteiger partial charge in [-0.05, 0) is 49.9 Å². The number of aromatic amines is 1. The smallest absolute Gasteiger partial charge is 0.255 e. The second kappa shape index (κ2) is 8.50. The Bertz CT molecular complexity index is 907. The number of hydrogen-bond donors (Lipinski definition) is 2. The molecule has 2 atom stereocenters. The maximum absolute atomic E-state index is 13.0. The number of aromatic nitrogens is 2. The van der Waals surface area contributed by atoms with Crippen molar-refractivity contribution in [3.05, 3.63) is 36.0 Å². The lowest BCUT2D eigenvalue weighted by molar-refractivity contribution is -0.141. The van der Waals surface area contributed by atoms with Crippen LogP contribution in [0, 0.1) is 5.41 Å². The Morgan fingerprint density at radius 2 is 2.13 bits per heavy atom. The van der Waals surface area contributed by atoms with Crippen molar-refractivity contribution >= 4 is 11.8 Å². The largest absolute Gasteiger partial charge is 0.497 e. The van der Waals surface area contributed by atoms with E-state index in [-0.39, 0.29) is 23.3 Å². The van der Waals surface area contributed by atoms with Crippen LogP contribution in [0.4, 0.5) is 0 Å². The van der Waals surface area contributed by atoms with Gasteiger partial charge in [0.05, 0.1) is 24.6 Å². The summed E-state index contributed by atoms with van der Waals surface area (Å²) in [6.45, 7) is 3.51. The topological polar surface area (TPSA) is 87.3 Å². The molecule has 7 heteroatoms. The van der Waals surface area contributed by atoms with Crippen LogP contribution < -0.4 is 10.1 Å². The third-order valence-corrected chi connectivity index (χ3v) is 6.72. The zero-order chi connectivity index (χ0) is 21.1. The zero-order valence-corrected chi connectivity index (χ0v) is 17.7. The Kier molecular flexibility index (Phi) is 5.79. The molecule has 0 spiro atoms. The lowest BCUT2D eigenvalue weighted by Gasteiger charge is -2.46. The molecular formula is C23H30N4O3. The zero-order valence-electron chi connectivity index (χ0n) is 17.7. The molecule has 0 bridgehead atoms. The van der Waals surface area contributed by atoms with Crippen molar-refractivity contribution in [3.8, 4) is 17.0 Å². The number of ether oxygens (including phenoxy) is 1. The molecule has 2 heterocycles. The van der Waals surface area contributed by atoms with Crippen molar-refractivity contribution in [2.24, 2.45) is 5.41 Å². The number of nitrogens with zero attached hydrogens (tertiary/aromatic N) is 2. The van der Waals surface area contributed by atoms with E-state index in [0.717, 1.165) is 50.0 Å². The van der Waals surface area contributed by atoms with Crippen LogP contribution in [0.2, 0.25) is 0 Å². The summed E-state index contributed by atoms with van der Waals surface area (Å²) >= 11 is 0. The number of H-pyrrole nitrogens is 1. The van der Waals surface area contributed by atoms with E-state index in [1.54, 1.807) is 13.3 Å². The molecule has 1 saturated heterocycles. The third kappa shape index (κ3) is 3.68. The van der Waals surface area contributed by atoms with E-state index in [0.29, 0.717) is 24.2 Å². The summed E-state index contributed by atoms with van der Waals surface area (Å²) in [6.07, 6.45) is 7.17. The van der Waals surface area contributed by atoms with E-state index in [4.69, 9.17) is 4.74 Å². The predicted molar refractivity (Wildman–Crippen MR) is 114 cm³/mol. The summed E-state index contributed by atoms with van der Waals surface area (Å²) in [5, 5.41) is 10.2. The van der Waals surface area contributed by atoms with Gasteiger partial charge in [-0.15, -0.1) is 0 Å². The fourth-order valence-corrected chi connectivity index (χ4v) is 5.18. The molecule has 30 heavy (non-hydrogen) atoms. The number of methoxy groups -OCH3 is 1. The number of carbonyl (C=O) groups is 2. The van der Waals surface area contributed by atoms with E-state index >= 15 is 0 Å². The van der Waals surface area contributed by atoms with Gasteiger partial charge in [-0.3, -0.25) is 14.7 Å². The number of hydrogen-bond acceptors (Lipinski definition) is 4. The van der Waals surface area contributed by atoms with Crippen molar-refractivity contribution < 1.29 is 14.3 Å². The molecule has 1 aromatic heterocycles. The summed E-state index contributed by atoms with van der Waals surface area (Å²) in [7, 11) is 1.63. The minimum absolute atomic E-state index is 0.0112. The lowest BCUT2D eigenvalue weighted by Crippen LogP contribution is -2.56. The van der Waals surface area contributed by atoms with E-state index in [1.807, 2.05) is 24.3 Å². The molecule has 2 aliphatic rings. The van der Waals surface area contributed by atoms with Crippen LogP contribution >= 0.6 is 0 Å². The number of rotatable bonds is 7. The number of nitrogens with one attached hydrogen (secondary N) is 2. The van der Waals surface area contributed by atoms with Crippen LogP contribution in [0.25, 0.3) is 11.3 Å². The first-order valence-electron chi connectivity index (χ1n) is 10.8. The first-order chi connectivity index (χ1) is 14.6. The molecule has 2 fully saturated rings. The number of carbonyl (C=O) groups excluding carboxylic acids is 2. The number of fused-ring (bicyclic) bond motifs is 1. The lowest BCUT2D eigenvalue weighted by atomic mass is 9.74. The second-order valence-corrected chi connectivity index (χ2v) is 8.43. The van der Waals surface area contributed by atoms with Crippen LogP contribution in [0.3, 0.4) is 0 Å². The van der Waals surface area contributed by atoms with Gasteiger partial charge in [0.1, 0.15) is 5.75 Å². The molecule has 1 saturated carbocycles. The minimum atomic E-state index is -0.131. The van der Waals surface area contributed by atoms with E-state index in [2.05, 4.69) is 27.3 Å². The SMILES string of the molecule is CCCN1C(=O)CC[C@]2(CNC(=O)c3cn[nH]c3-c3ccc(OC)cc3)CCC[C@@H]12. The van der Waals surface area contributed by atoms with Crippen LogP contribution in [-0.4, -0.2) is 53.2 Å². The molecule has 2 amide bonds. The predicted octanol–water partition coefficient (Wildman–Crippen LogP) is 3.39. The fraction of sp³-hybridized carbons (Fsp3) is 0.522. The Labute approximate surface area is 177 Å². The highest BCUT2D eigenvalue weighted by atomic mass is 16.5. The van der Waals surface area contributed by atoms with Crippen LogP contribution in [0.1, 0.15) is 55.8 Å². The quantitative estimate of drug-likeness (QED) is 0.732. The molecule has 1 aliphatic heterocycles. The van der Waals surface area contributed by atoms with Crippen LogP contribution in [0.15, 0.2) is 30.5 Å². The van der Waals surface area contributed by atoms with Gasteiger partial charge in [0.15, 0.2) is 0 Å². The van der Waals surface area contributed by atoms with E-state index < -0.39 is 0 Å². The Hall–Kier alpha value is -2.83. The monoisotopic (exact) mass is 410 g/mol. The molecular weight excluding hydrogens is 380 g/mol. The van der Waals surface area contributed by atoms with Crippen molar-refractivity contribution in [1.82, 2.24) is 20.4 Å². The first kappa shape index (κ1) is 20.4. The summed E-state index contributed by atoms with van der Waals surface area (Å²) in [5.74, 6) is 0.898. The molecule has 2 aromatic rings. The van der Waals surface area contributed by atoms with Crippen molar-refractivity contribution in [1.29, 1.82) is 0 Å². The van der Waals surface area contributed by atoms with Gasteiger partial charge in [0, 0.05) is 36.5 Å². The highest BCUT2D eigenvalue weighted by molar-refractivity contribution is 5.99. The molecule has 160 valence electrons. The standard InChI is InChI=1S/C23H30N4O3/c1-3-13-27-19-5-4-11-23(19,12-10-20(27)28)15-24-22(29)18-14-25-26-21(18)16-6-8-17(30-2)9-7-16/h6-9,14,19H,3-5,10-13,15H2,1-2H3,(H,24,29)(H,25,26)/t19-,23+/m1/s1. The maximum atomic E-state index is 13.0. The Morgan fingerprint density at radius 1 is 1.33 bits per heavy atom. The van der Waals surface area contributed by atoms with E-state index in [9.17, 15) is 9.59 Å². The molecule has 2 N–H and O–H groups in total. The Balaban J connectivity index is 1.49. The first-order valence-corrected chi connectivity index (χ1v) is 10.8. The summed E-state index contributed by atoms with van der Waals surface area (Å²) in [4.78, 5) is 27.6. The summed E-state index contributed by atoms with van der Waals surface area (Å²) in [6, 6.07) is 7.78. The van der Waals surface area contributed by atoms with Gasteiger partial charge in [-0.25, -0.2) is 0 Å². The molecule has 4 rings (SSSR count). The fourth-order valence-electron chi connectivity index (χ4n) is 5.18. The second-order valence-electron chi connectivity index (χ2n) is 8.43. The molecule has 1 aromatic carbocycles. The van der Waals surface area contributed by atoms with Gasteiger partial charge in [0.25, 0.3) is 5.91 Å². The van der Waals surface area contributed by atoms with Crippen LogP contribution in [0.5, 0.6) is 5.75 Å². The Morgan fingerprint density at radius 3 is 2.87 bits per heavy atom. The third-order valence-electron chi connectivity index (χ3n) is 6.72. The van der Waals surface area contributed by atoms with Gasteiger partial charge in [-0.2, -0.15) is 5.10 Å². The molecule has 7 nitrogen and oxygen atoms in total. The van der Waals surface area contributed by atoms with Crippen molar-refractivity contribution in [2.45, 2.75) is 51.5 Å². The maximum Gasteiger partial charge on any atom is 0.255 e. The summed E-state index contributed by atoms with van der Waals surface area (Å²) in [5.41, 5.74) is 2.10. The molecule has 0 unspecified atom stereocenters. The van der Waals surface area contributed by atoms with Crippen molar-refractivity contribution in [2.75, 3.05) is 20.2 Å². The van der Waals surface area contributed by atoms with Gasteiger partial charge < -0.3 is 15.0 Å². The average molecular weight is 411 g/mol. The molecule has 1 aliphatic carbocycles. The van der Waals surface area contributed by atoms with Gasteiger partial charge in [0.2, 0.25) is 5.91 Å².